The first-order valence-electron chi connectivity index (χ1n) is 11.3. The molecule has 0 bridgehead atoms. The summed E-state index contributed by atoms with van der Waals surface area (Å²) >= 11 is 6.56. The Morgan fingerprint density at radius 1 is 0.944 bits per heavy atom. The van der Waals surface area contributed by atoms with Crippen LogP contribution in [0.25, 0.3) is 11.0 Å². The van der Waals surface area contributed by atoms with Crippen molar-refractivity contribution >= 4 is 40.1 Å². The third kappa shape index (κ3) is 4.85. The number of nitrogens with one attached hydrogen (secondary N) is 1. The van der Waals surface area contributed by atoms with Crippen molar-refractivity contribution in [2.45, 2.75) is 19.1 Å². The number of hydrogen-bond acceptors (Lipinski definition) is 5. The van der Waals surface area contributed by atoms with Crippen LogP contribution in [0.1, 0.15) is 17.4 Å². The Morgan fingerprint density at radius 3 is 2.47 bits per heavy atom. The molecule has 5 rings (SSSR count). The van der Waals surface area contributed by atoms with Crippen LogP contribution in [-0.2, 0) is 22.7 Å². The molecule has 5 aromatic rings. The molecule has 0 aliphatic heterocycles. The molecule has 8 nitrogen and oxygen atoms in total. The number of furan rings is 1. The molecule has 0 saturated carbocycles. The van der Waals surface area contributed by atoms with E-state index >= 15 is 0 Å². The molecule has 9 heteroatoms. The van der Waals surface area contributed by atoms with Crippen LogP contribution < -0.4 is 10.2 Å². The summed E-state index contributed by atoms with van der Waals surface area (Å²) in [6, 6.07) is 25.9. The Kier molecular flexibility index (Phi) is 6.77. The SMILES string of the molecule is O=C(NCc1ccco1)C(c1ccccc1)N(C(=O)Cn1nnc2ccccc21)c1ccccc1Cl. The molecule has 2 aromatic heterocycles. The first-order chi connectivity index (χ1) is 17.6. The number of aromatic nitrogens is 3. The molecule has 0 radical (unpaired) electrons. The third-order valence-corrected chi connectivity index (χ3v) is 6.04. The minimum Gasteiger partial charge on any atom is -0.467 e. The lowest BCUT2D eigenvalue weighted by atomic mass is 10.0. The highest BCUT2D eigenvalue weighted by atomic mass is 35.5. The highest BCUT2D eigenvalue weighted by molar-refractivity contribution is 6.34. The second-order valence-corrected chi connectivity index (χ2v) is 8.47. The lowest BCUT2D eigenvalue weighted by Crippen LogP contribution is -2.45. The molecule has 3 aromatic carbocycles. The molecule has 0 fully saturated rings. The van der Waals surface area contributed by atoms with E-state index in [4.69, 9.17) is 16.0 Å². The van der Waals surface area contributed by atoms with Gasteiger partial charge < -0.3 is 9.73 Å². The Bertz CT molecular complexity index is 1480. The quantitative estimate of drug-likeness (QED) is 0.332. The third-order valence-electron chi connectivity index (χ3n) is 5.72. The van der Waals surface area contributed by atoms with Crippen LogP contribution in [-0.4, -0.2) is 26.8 Å². The van der Waals surface area contributed by atoms with Crippen molar-refractivity contribution in [1.29, 1.82) is 0 Å². The Balaban J connectivity index is 1.55. The zero-order valence-electron chi connectivity index (χ0n) is 19.1. The van der Waals surface area contributed by atoms with Gasteiger partial charge in [0.25, 0.3) is 0 Å². The zero-order chi connectivity index (χ0) is 24.9. The van der Waals surface area contributed by atoms with Gasteiger partial charge in [-0.3, -0.25) is 14.5 Å². The van der Waals surface area contributed by atoms with Gasteiger partial charge in [-0.2, -0.15) is 0 Å². The van der Waals surface area contributed by atoms with E-state index in [1.807, 2.05) is 42.5 Å². The number of carbonyl (C=O) groups excluding carboxylic acids is 2. The Hall–Kier alpha value is -4.43. The minimum atomic E-state index is -0.997. The molecule has 1 unspecified atom stereocenters. The van der Waals surface area contributed by atoms with Crippen LogP contribution in [0.5, 0.6) is 0 Å². The Labute approximate surface area is 212 Å². The van der Waals surface area contributed by atoms with Gasteiger partial charge in [-0.1, -0.05) is 71.4 Å². The van der Waals surface area contributed by atoms with E-state index in [1.54, 1.807) is 48.5 Å². The number of hydrogen-bond donors (Lipinski definition) is 1. The number of nitrogens with zero attached hydrogens (tertiary/aromatic N) is 4. The van der Waals surface area contributed by atoms with Crippen LogP contribution in [0.3, 0.4) is 0 Å². The molecule has 0 saturated heterocycles. The lowest BCUT2D eigenvalue weighted by molar-refractivity contribution is -0.127. The molecule has 2 heterocycles. The van der Waals surface area contributed by atoms with Crippen molar-refractivity contribution in [3.63, 3.8) is 0 Å². The Morgan fingerprint density at radius 2 is 1.69 bits per heavy atom. The van der Waals surface area contributed by atoms with E-state index in [0.717, 1.165) is 0 Å². The molecule has 0 spiro atoms. The first kappa shape index (κ1) is 23.3. The van der Waals surface area contributed by atoms with Gasteiger partial charge in [-0.15, -0.1) is 5.10 Å². The summed E-state index contributed by atoms with van der Waals surface area (Å²) in [5.74, 6) is -0.157. The standard InChI is InChI=1S/C27H22ClN5O3/c28-21-12-4-6-14-23(21)33(25(34)18-32-24-15-7-5-13-22(24)30-31-32)26(19-9-2-1-3-10-19)27(35)29-17-20-11-8-16-36-20/h1-16,26H,17-18H2,(H,29,35). The first-order valence-corrected chi connectivity index (χ1v) is 11.7. The maximum absolute atomic E-state index is 13.9. The summed E-state index contributed by atoms with van der Waals surface area (Å²) in [4.78, 5) is 29.0. The van der Waals surface area contributed by atoms with E-state index < -0.39 is 6.04 Å². The molecule has 1 atom stereocenters. The number of benzene rings is 3. The van der Waals surface area contributed by atoms with Crippen molar-refractivity contribution < 1.29 is 14.0 Å². The average molecular weight is 500 g/mol. The van der Waals surface area contributed by atoms with Crippen LogP contribution >= 0.6 is 11.6 Å². The van der Waals surface area contributed by atoms with Crippen LogP contribution in [0.2, 0.25) is 5.02 Å². The summed E-state index contributed by atoms with van der Waals surface area (Å²) in [6.07, 6.45) is 1.54. The summed E-state index contributed by atoms with van der Waals surface area (Å²) in [5.41, 5.74) is 2.43. The molecule has 0 aliphatic carbocycles. The fourth-order valence-corrected chi connectivity index (χ4v) is 4.27. The molecular weight excluding hydrogens is 478 g/mol. The molecule has 180 valence electrons. The van der Waals surface area contributed by atoms with E-state index in [9.17, 15) is 9.59 Å². The maximum Gasteiger partial charge on any atom is 0.249 e. The second-order valence-electron chi connectivity index (χ2n) is 8.06. The van der Waals surface area contributed by atoms with Gasteiger partial charge in [0.1, 0.15) is 23.9 Å². The van der Waals surface area contributed by atoms with Gasteiger partial charge in [0, 0.05) is 0 Å². The fourth-order valence-electron chi connectivity index (χ4n) is 4.04. The van der Waals surface area contributed by atoms with Crippen molar-refractivity contribution in [3.05, 3.63) is 114 Å². The number of para-hydroxylation sites is 2. The number of rotatable bonds is 8. The highest BCUT2D eigenvalue weighted by Crippen LogP contribution is 2.33. The van der Waals surface area contributed by atoms with E-state index in [-0.39, 0.29) is 24.9 Å². The second kappa shape index (κ2) is 10.5. The number of anilines is 1. The van der Waals surface area contributed by atoms with Crippen molar-refractivity contribution in [2.75, 3.05) is 4.90 Å². The fraction of sp³-hybridized carbons (Fsp3) is 0.111. The molecular formula is C27H22ClN5O3. The monoisotopic (exact) mass is 499 g/mol. The van der Waals surface area contributed by atoms with E-state index in [0.29, 0.717) is 33.1 Å². The summed E-state index contributed by atoms with van der Waals surface area (Å²) < 4.78 is 6.88. The molecule has 2 amide bonds. The van der Waals surface area contributed by atoms with Gasteiger partial charge in [0.05, 0.1) is 29.0 Å². The number of fused-ring (bicyclic) bond motifs is 1. The van der Waals surface area contributed by atoms with E-state index in [2.05, 4.69) is 15.6 Å². The highest BCUT2D eigenvalue weighted by Gasteiger charge is 2.34. The van der Waals surface area contributed by atoms with Gasteiger partial charge in [0.15, 0.2) is 0 Å². The lowest BCUT2D eigenvalue weighted by Gasteiger charge is -2.32. The predicted octanol–water partition coefficient (Wildman–Crippen LogP) is 4.77. The van der Waals surface area contributed by atoms with Crippen LogP contribution in [0.4, 0.5) is 5.69 Å². The maximum atomic E-state index is 13.9. The van der Waals surface area contributed by atoms with E-state index in [1.165, 1.54) is 15.8 Å². The summed E-state index contributed by atoms with van der Waals surface area (Å²) in [7, 11) is 0. The smallest absolute Gasteiger partial charge is 0.249 e. The van der Waals surface area contributed by atoms with Gasteiger partial charge in [0.2, 0.25) is 11.8 Å². The topological polar surface area (TPSA) is 93.3 Å². The number of halogens is 1. The predicted molar refractivity (Wildman–Crippen MR) is 136 cm³/mol. The van der Waals surface area contributed by atoms with Gasteiger partial charge in [-0.05, 0) is 42.0 Å². The average Bonchev–Trinajstić information content (AvgIpc) is 3.57. The van der Waals surface area contributed by atoms with Crippen molar-refractivity contribution in [3.8, 4) is 0 Å². The van der Waals surface area contributed by atoms with Gasteiger partial charge in [-0.25, -0.2) is 4.68 Å². The van der Waals surface area contributed by atoms with Crippen molar-refractivity contribution in [1.82, 2.24) is 20.3 Å². The number of carbonyl (C=O) groups is 2. The van der Waals surface area contributed by atoms with Crippen LogP contribution in [0, 0.1) is 0 Å². The molecule has 36 heavy (non-hydrogen) atoms. The number of amides is 2. The normalized spacial score (nSPS) is 11.8. The van der Waals surface area contributed by atoms with Crippen molar-refractivity contribution in [2.24, 2.45) is 0 Å². The van der Waals surface area contributed by atoms with Gasteiger partial charge >= 0.3 is 0 Å². The summed E-state index contributed by atoms with van der Waals surface area (Å²) in [5, 5.41) is 11.5. The zero-order valence-corrected chi connectivity index (χ0v) is 19.9. The molecule has 0 aliphatic rings. The minimum absolute atomic E-state index is 0.138. The van der Waals surface area contributed by atoms with Crippen LogP contribution in [0.15, 0.2) is 102 Å². The molecule has 1 N–H and O–H groups in total. The summed E-state index contributed by atoms with van der Waals surface area (Å²) in [6.45, 7) is 0.0357. The largest absolute Gasteiger partial charge is 0.467 e.